The van der Waals surface area contributed by atoms with Gasteiger partial charge in [0.15, 0.2) is 0 Å². The second kappa shape index (κ2) is 1.99. The van der Waals surface area contributed by atoms with Crippen LogP contribution in [0.25, 0.3) is 0 Å². The highest BCUT2D eigenvalue weighted by Gasteiger charge is 2.41. The molecule has 1 heterocycles. The van der Waals surface area contributed by atoms with Gasteiger partial charge in [-0.1, -0.05) is 22.9 Å². The lowest BCUT2D eigenvalue weighted by Gasteiger charge is -2.42. The number of halogens is 1. The Morgan fingerprint density at radius 1 is 1.88 bits per heavy atom. The average molecular weight is 179 g/mol. The minimum absolute atomic E-state index is 0.313. The molecule has 0 aliphatic carbocycles. The van der Waals surface area contributed by atoms with Gasteiger partial charge in [0.25, 0.3) is 0 Å². The van der Waals surface area contributed by atoms with Crippen LogP contribution in [0.5, 0.6) is 0 Å². The predicted octanol–water partition coefficient (Wildman–Crippen LogP) is 1.95. The third kappa shape index (κ3) is 0.799. The van der Waals surface area contributed by atoms with E-state index in [4.69, 9.17) is 4.74 Å². The standard InChI is InChI=1S/C6H11BrO/c1-3-6(7)4-8-5(6)2/h5H,3-4H2,1-2H3. The van der Waals surface area contributed by atoms with Crippen molar-refractivity contribution in [3.05, 3.63) is 0 Å². The molecule has 0 saturated carbocycles. The second-order valence-electron chi connectivity index (χ2n) is 2.34. The van der Waals surface area contributed by atoms with Crippen molar-refractivity contribution < 1.29 is 4.74 Å². The van der Waals surface area contributed by atoms with Crippen LogP contribution in [0.15, 0.2) is 0 Å². The third-order valence-corrected chi connectivity index (χ3v) is 3.32. The summed E-state index contributed by atoms with van der Waals surface area (Å²) in [5.74, 6) is 0. The predicted molar refractivity (Wildman–Crippen MR) is 37.4 cm³/mol. The van der Waals surface area contributed by atoms with Crippen LogP contribution in [-0.4, -0.2) is 17.0 Å². The molecule has 0 aromatic rings. The maximum atomic E-state index is 5.19. The minimum Gasteiger partial charge on any atom is -0.375 e. The van der Waals surface area contributed by atoms with E-state index >= 15 is 0 Å². The van der Waals surface area contributed by atoms with E-state index < -0.39 is 0 Å². The lowest BCUT2D eigenvalue weighted by molar-refractivity contribution is -0.0774. The first-order chi connectivity index (χ1) is 3.69. The molecule has 0 aromatic heterocycles. The topological polar surface area (TPSA) is 9.23 Å². The lowest BCUT2D eigenvalue weighted by atomic mass is 9.97. The molecule has 0 bridgehead atoms. The summed E-state index contributed by atoms with van der Waals surface area (Å²) in [6.45, 7) is 5.15. The quantitative estimate of drug-likeness (QED) is 0.559. The van der Waals surface area contributed by atoms with Gasteiger partial charge in [-0.25, -0.2) is 0 Å². The molecule has 1 rings (SSSR count). The molecule has 1 aliphatic rings. The Morgan fingerprint density at radius 2 is 2.50 bits per heavy atom. The van der Waals surface area contributed by atoms with Gasteiger partial charge in [0, 0.05) is 0 Å². The molecule has 2 unspecified atom stereocenters. The van der Waals surface area contributed by atoms with Gasteiger partial charge >= 0.3 is 0 Å². The van der Waals surface area contributed by atoms with Crippen molar-refractivity contribution in [1.82, 2.24) is 0 Å². The van der Waals surface area contributed by atoms with Crippen molar-refractivity contribution in [2.45, 2.75) is 30.7 Å². The van der Waals surface area contributed by atoms with Gasteiger partial charge in [-0.3, -0.25) is 0 Å². The fraction of sp³-hybridized carbons (Fsp3) is 1.00. The summed E-state index contributed by atoms with van der Waals surface area (Å²) in [7, 11) is 0. The van der Waals surface area contributed by atoms with Crippen LogP contribution < -0.4 is 0 Å². The highest BCUT2D eigenvalue weighted by molar-refractivity contribution is 9.10. The summed E-state index contributed by atoms with van der Waals surface area (Å²) in [5.41, 5.74) is 0. The van der Waals surface area contributed by atoms with Gasteiger partial charge in [-0.05, 0) is 13.3 Å². The Labute approximate surface area is 58.5 Å². The highest BCUT2D eigenvalue weighted by atomic mass is 79.9. The van der Waals surface area contributed by atoms with Gasteiger partial charge in [0.2, 0.25) is 0 Å². The van der Waals surface area contributed by atoms with E-state index in [9.17, 15) is 0 Å². The third-order valence-electron chi connectivity index (χ3n) is 1.89. The Bertz CT molecular complexity index is 90.5. The molecule has 1 nitrogen and oxygen atoms in total. The zero-order chi connectivity index (χ0) is 6.20. The van der Waals surface area contributed by atoms with Crippen LogP contribution in [0, 0.1) is 0 Å². The number of hydrogen-bond donors (Lipinski definition) is 0. The van der Waals surface area contributed by atoms with Crippen LogP contribution in [-0.2, 0) is 4.74 Å². The summed E-state index contributed by atoms with van der Waals surface area (Å²) in [5, 5.41) is 0. The van der Waals surface area contributed by atoms with Crippen molar-refractivity contribution in [3.8, 4) is 0 Å². The molecule has 2 atom stereocenters. The summed E-state index contributed by atoms with van der Waals surface area (Å²) in [6.07, 6.45) is 1.57. The molecule has 1 saturated heterocycles. The smallest absolute Gasteiger partial charge is 0.0746 e. The molecule has 48 valence electrons. The first-order valence-electron chi connectivity index (χ1n) is 2.99. The van der Waals surface area contributed by atoms with Crippen LogP contribution in [0.3, 0.4) is 0 Å². The molecule has 8 heavy (non-hydrogen) atoms. The SMILES string of the molecule is CCC1(Br)COC1C. The van der Waals surface area contributed by atoms with Gasteiger partial charge in [-0.15, -0.1) is 0 Å². The average Bonchev–Trinajstić information content (AvgIpc) is 1.83. The van der Waals surface area contributed by atoms with E-state index in [-0.39, 0.29) is 0 Å². The van der Waals surface area contributed by atoms with Gasteiger partial charge in [0.05, 0.1) is 17.0 Å². The molecule has 0 spiro atoms. The number of alkyl halides is 1. The molecule has 0 radical (unpaired) electrons. The Morgan fingerprint density at radius 3 is 2.50 bits per heavy atom. The zero-order valence-corrected chi connectivity index (χ0v) is 6.86. The van der Waals surface area contributed by atoms with Crippen LogP contribution in [0.4, 0.5) is 0 Å². The van der Waals surface area contributed by atoms with Gasteiger partial charge < -0.3 is 4.74 Å². The number of hydrogen-bond acceptors (Lipinski definition) is 1. The summed E-state index contributed by atoms with van der Waals surface area (Å²) < 4.78 is 5.50. The van der Waals surface area contributed by atoms with Crippen molar-refractivity contribution in [1.29, 1.82) is 0 Å². The van der Waals surface area contributed by atoms with E-state index in [2.05, 4.69) is 29.8 Å². The van der Waals surface area contributed by atoms with E-state index in [0.717, 1.165) is 13.0 Å². The maximum absolute atomic E-state index is 5.19. The number of ether oxygens (including phenoxy) is 1. The van der Waals surface area contributed by atoms with Crippen molar-refractivity contribution >= 4 is 15.9 Å². The molecule has 0 N–H and O–H groups in total. The molecule has 0 amide bonds. The summed E-state index contributed by atoms with van der Waals surface area (Å²) >= 11 is 3.61. The first kappa shape index (κ1) is 6.56. The fourth-order valence-corrected chi connectivity index (χ4v) is 1.08. The van der Waals surface area contributed by atoms with Gasteiger partial charge in [0.1, 0.15) is 0 Å². The Hall–Kier alpha value is 0.440. The Balaban J connectivity index is 2.42. The largest absolute Gasteiger partial charge is 0.375 e. The first-order valence-corrected chi connectivity index (χ1v) is 3.79. The molecule has 1 aliphatic heterocycles. The van der Waals surface area contributed by atoms with Crippen molar-refractivity contribution in [2.24, 2.45) is 0 Å². The van der Waals surface area contributed by atoms with E-state index in [1.54, 1.807) is 0 Å². The zero-order valence-electron chi connectivity index (χ0n) is 5.28. The van der Waals surface area contributed by atoms with Gasteiger partial charge in [-0.2, -0.15) is 0 Å². The van der Waals surface area contributed by atoms with Crippen LogP contribution in [0.2, 0.25) is 0 Å². The van der Waals surface area contributed by atoms with E-state index in [1.165, 1.54) is 0 Å². The van der Waals surface area contributed by atoms with Crippen molar-refractivity contribution in [2.75, 3.05) is 6.61 Å². The molecule has 2 heteroatoms. The summed E-state index contributed by atoms with van der Waals surface area (Å²) in [6, 6.07) is 0. The highest BCUT2D eigenvalue weighted by Crippen LogP contribution is 2.36. The monoisotopic (exact) mass is 178 g/mol. The second-order valence-corrected chi connectivity index (χ2v) is 3.92. The van der Waals surface area contributed by atoms with E-state index in [0.29, 0.717) is 10.4 Å². The number of rotatable bonds is 1. The lowest BCUT2D eigenvalue weighted by Crippen LogP contribution is -2.51. The van der Waals surface area contributed by atoms with Crippen LogP contribution >= 0.6 is 15.9 Å². The fourth-order valence-electron chi connectivity index (χ4n) is 0.820. The normalized spacial score (nSPS) is 46.1. The van der Waals surface area contributed by atoms with Crippen LogP contribution in [0.1, 0.15) is 20.3 Å². The molecule has 1 fully saturated rings. The molecular formula is C6H11BrO. The van der Waals surface area contributed by atoms with E-state index in [1.807, 2.05) is 0 Å². The molecular weight excluding hydrogens is 168 g/mol. The maximum Gasteiger partial charge on any atom is 0.0746 e. The Kier molecular flexibility index (Phi) is 1.63. The molecule has 0 aromatic carbocycles. The van der Waals surface area contributed by atoms with Crippen molar-refractivity contribution in [3.63, 3.8) is 0 Å². The minimum atomic E-state index is 0.313. The summed E-state index contributed by atoms with van der Waals surface area (Å²) in [4.78, 5) is 0.